The molecule has 0 radical (unpaired) electrons. The molecular formula is C5H10N4S. The van der Waals surface area contributed by atoms with Crippen LogP contribution in [0.1, 0.15) is 12.2 Å². The van der Waals surface area contributed by atoms with Crippen LogP contribution in [-0.4, -0.2) is 20.9 Å². The number of anilines is 1. The average molecular weight is 158 g/mol. The zero-order chi connectivity index (χ0) is 7.40. The number of nitrogens with zero attached hydrogens (tertiary/aromatic N) is 2. The highest BCUT2D eigenvalue weighted by atomic mass is 32.1. The molecule has 3 N–H and O–H groups in total. The van der Waals surface area contributed by atoms with E-state index in [0.717, 1.165) is 24.4 Å². The summed E-state index contributed by atoms with van der Waals surface area (Å²) in [6.45, 7) is 0. The normalized spacial score (nSPS) is 10.1. The number of hydrogen-bond donors (Lipinski definition) is 3. The molecule has 0 aliphatic rings. The maximum absolute atomic E-state index is 5.28. The topological polar surface area (TPSA) is 67.6 Å². The van der Waals surface area contributed by atoms with Gasteiger partial charge in [0.2, 0.25) is 5.95 Å². The number of aryl methyl sites for hydroxylation is 1. The SMILES string of the molecule is Nc1n[nH]c(CCCS)n1. The summed E-state index contributed by atoms with van der Waals surface area (Å²) < 4.78 is 0. The van der Waals surface area contributed by atoms with E-state index in [1.165, 1.54) is 0 Å². The molecule has 0 aliphatic heterocycles. The third-order valence-electron chi connectivity index (χ3n) is 1.12. The molecule has 1 aromatic heterocycles. The van der Waals surface area contributed by atoms with E-state index in [0.29, 0.717) is 5.95 Å². The summed E-state index contributed by atoms with van der Waals surface area (Å²) in [5.41, 5.74) is 5.28. The van der Waals surface area contributed by atoms with Crippen molar-refractivity contribution >= 4 is 18.6 Å². The molecule has 4 nitrogen and oxygen atoms in total. The van der Waals surface area contributed by atoms with Gasteiger partial charge in [-0.2, -0.15) is 17.6 Å². The molecule has 0 spiro atoms. The van der Waals surface area contributed by atoms with Crippen molar-refractivity contribution in [1.82, 2.24) is 15.2 Å². The third-order valence-corrected chi connectivity index (χ3v) is 1.44. The first-order valence-corrected chi connectivity index (χ1v) is 3.74. The highest BCUT2D eigenvalue weighted by Gasteiger charge is 1.96. The van der Waals surface area contributed by atoms with Gasteiger partial charge in [-0.15, -0.1) is 5.10 Å². The van der Waals surface area contributed by atoms with Gasteiger partial charge in [0.25, 0.3) is 0 Å². The van der Waals surface area contributed by atoms with Gasteiger partial charge in [-0.3, -0.25) is 5.10 Å². The van der Waals surface area contributed by atoms with Crippen LogP contribution in [0.5, 0.6) is 0 Å². The maximum atomic E-state index is 5.28. The van der Waals surface area contributed by atoms with Crippen molar-refractivity contribution in [2.75, 3.05) is 11.5 Å². The smallest absolute Gasteiger partial charge is 0.239 e. The first-order valence-electron chi connectivity index (χ1n) is 3.10. The molecule has 0 saturated heterocycles. The summed E-state index contributed by atoms with van der Waals surface area (Å²) in [6.07, 6.45) is 1.87. The molecule has 1 rings (SSSR count). The van der Waals surface area contributed by atoms with Gasteiger partial charge in [0, 0.05) is 6.42 Å². The number of hydrogen-bond acceptors (Lipinski definition) is 4. The average Bonchev–Trinajstić information content (AvgIpc) is 2.31. The lowest BCUT2D eigenvalue weighted by Crippen LogP contribution is -1.89. The van der Waals surface area contributed by atoms with E-state index in [9.17, 15) is 0 Å². The minimum absolute atomic E-state index is 0.314. The lowest BCUT2D eigenvalue weighted by molar-refractivity contribution is 0.849. The van der Waals surface area contributed by atoms with E-state index < -0.39 is 0 Å². The largest absolute Gasteiger partial charge is 0.367 e. The molecule has 0 bridgehead atoms. The quantitative estimate of drug-likeness (QED) is 0.552. The summed E-state index contributed by atoms with van der Waals surface area (Å²) in [5.74, 6) is 2.02. The number of nitrogens with one attached hydrogen (secondary N) is 1. The Kier molecular flexibility index (Phi) is 2.56. The van der Waals surface area contributed by atoms with Crippen molar-refractivity contribution < 1.29 is 0 Å². The van der Waals surface area contributed by atoms with E-state index in [4.69, 9.17) is 5.73 Å². The maximum Gasteiger partial charge on any atom is 0.239 e. The van der Waals surface area contributed by atoms with Crippen molar-refractivity contribution in [1.29, 1.82) is 0 Å². The first-order chi connectivity index (χ1) is 4.83. The number of aromatic amines is 1. The van der Waals surface area contributed by atoms with E-state index in [2.05, 4.69) is 27.8 Å². The summed E-state index contributed by atoms with van der Waals surface area (Å²) >= 11 is 4.06. The molecule has 0 saturated carbocycles. The highest BCUT2D eigenvalue weighted by molar-refractivity contribution is 7.80. The molecule has 0 unspecified atom stereocenters. The second-order valence-corrected chi connectivity index (χ2v) is 2.41. The number of H-pyrrole nitrogens is 1. The Morgan fingerprint density at radius 3 is 2.90 bits per heavy atom. The lowest BCUT2D eigenvalue weighted by atomic mass is 10.3. The van der Waals surface area contributed by atoms with Crippen LogP contribution in [0.2, 0.25) is 0 Å². The van der Waals surface area contributed by atoms with Gasteiger partial charge in [0.15, 0.2) is 0 Å². The zero-order valence-corrected chi connectivity index (χ0v) is 6.43. The molecule has 1 aromatic rings. The Morgan fingerprint density at radius 1 is 1.60 bits per heavy atom. The standard InChI is InChI=1S/C5H10N4S/c6-5-7-4(8-9-5)2-1-3-10/h10H,1-3H2,(H3,6,7,8,9). The summed E-state index contributed by atoms with van der Waals surface area (Å²) in [7, 11) is 0. The lowest BCUT2D eigenvalue weighted by Gasteiger charge is -1.88. The van der Waals surface area contributed by atoms with E-state index in [1.54, 1.807) is 0 Å². The first kappa shape index (κ1) is 7.40. The molecular weight excluding hydrogens is 148 g/mol. The predicted octanol–water partition coefficient (Wildman–Crippen LogP) is 0.249. The second-order valence-electron chi connectivity index (χ2n) is 1.97. The summed E-state index contributed by atoms with van der Waals surface area (Å²) in [6, 6.07) is 0. The zero-order valence-electron chi connectivity index (χ0n) is 5.54. The van der Waals surface area contributed by atoms with Crippen LogP contribution in [0, 0.1) is 0 Å². The number of aromatic nitrogens is 3. The van der Waals surface area contributed by atoms with Crippen LogP contribution in [0.4, 0.5) is 5.95 Å². The minimum Gasteiger partial charge on any atom is -0.367 e. The van der Waals surface area contributed by atoms with Crippen molar-refractivity contribution in [3.8, 4) is 0 Å². The van der Waals surface area contributed by atoms with Crippen LogP contribution in [-0.2, 0) is 6.42 Å². The summed E-state index contributed by atoms with van der Waals surface area (Å²) in [4.78, 5) is 3.93. The van der Waals surface area contributed by atoms with Crippen molar-refractivity contribution in [2.24, 2.45) is 0 Å². The van der Waals surface area contributed by atoms with Crippen molar-refractivity contribution in [2.45, 2.75) is 12.8 Å². The van der Waals surface area contributed by atoms with Crippen molar-refractivity contribution in [3.05, 3.63) is 5.82 Å². The van der Waals surface area contributed by atoms with Gasteiger partial charge in [0.05, 0.1) is 0 Å². The van der Waals surface area contributed by atoms with Crippen LogP contribution in [0.15, 0.2) is 0 Å². The van der Waals surface area contributed by atoms with E-state index in [1.807, 2.05) is 0 Å². The van der Waals surface area contributed by atoms with Crippen molar-refractivity contribution in [3.63, 3.8) is 0 Å². The molecule has 10 heavy (non-hydrogen) atoms. The fourth-order valence-corrected chi connectivity index (χ4v) is 0.826. The molecule has 5 heteroatoms. The number of rotatable bonds is 3. The molecule has 0 aromatic carbocycles. The molecule has 56 valence electrons. The Hall–Kier alpha value is -0.710. The van der Waals surface area contributed by atoms with Crippen LogP contribution in [0.25, 0.3) is 0 Å². The number of thiol groups is 1. The van der Waals surface area contributed by atoms with Gasteiger partial charge >= 0.3 is 0 Å². The highest BCUT2D eigenvalue weighted by Crippen LogP contribution is 1.97. The summed E-state index contributed by atoms with van der Waals surface area (Å²) in [5, 5.41) is 6.41. The molecule has 0 aliphatic carbocycles. The Bertz CT molecular complexity index is 197. The fourth-order valence-electron chi connectivity index (χ4n) is 0.668. The van der Waals surface area contributed by atoms with Crippen LogP contribution in [0.3, 0.4) is 0 Å². The van der Waals surface area contributed by atoms with Gasteiger partial charge < -0.3 is 5.73 Å². The fraction of sp³-hybridized carbons (Fsp3) is 0.600. The van der Waals surface area contributed by atoms with Crippen LogP contribution >= 0.6 is 12.6 Å². The molecule has 1 heterocycles. The van der Waals surface area contributed by atoms with Gasteiger partial charge in [-0.05, 0) is 12.2 Å². The Balaban J connectivity index is 2.42. The monoisotopic (exact) mass is 158 g/mol. The number of nitrogen functional groups attached to an aromatic ring is 1. The Morgan fingerprint density at radius 2 is 2.40 bits per heavy atom. The van der Waals surface area contributed by atoms with E-state index in [-0.39, 0.29) is 0 Å². The van der Waals surface area contributed by atoms with Crippen LogP contribution < -0.4 is 5.73 Å². The third kappa shape index (κ3) is 1.91. The minimum atomic E-state index is 0.314. The molecule has 0 amide bonds. The predicted molar refractivity (Wildman–Crippen MR) is 43.0 cm³/mol. The van der Waals surface area contributed by atoms with E-state index >= 15 is 0 Å². The number of nitrogens with two attached hydrogens (primary N) is 1. The molecule has 0 atom stereocenters. The van der Waals surface area contributed by atoms with Gasteiger partial charge in [-0.1, -0.05) is 0 Å². The van der Waals surface area contributed by atoms with Gasteiger partial charge in [0.1, 0.15) is 5.82 Å². The second kappa shape index (κ2) is 3.46. The van der Waals surface area contributed by atoms with Gasteiger partial charge in [-0.25, -0.2) is 0 Å². The Labute approximate surface area is 64.6 Å². The molecule has 0 fully saturated rings.